The summed E-state index contributed by atoms with van der Waals surface area (Å²) >= 11 is 0. The monoisotopic (exact) mass is 669 g/mol. The number of ether oxygens (including phenoxy) is 3. The van der Waals surface area contributed by atoms with E-state index in [1.165, 1.54) is 24.4 Å². The lowest BCUT2D eigenvalue weighted by Gasteiger charge is -2.25. The Kier molecular flexibility index (Phi) is 11.1. The van der Waals surface area contributed by atoms with Gasteiger partial charge in [0.2, 0.25) is 5.76 Å². The van der Waals surface area contributed by atoms with Gasteiger partial charge in [-0.1, -0.05) is 6.07 Å². The minimum Gasteiger partial charge on any atom is -0.488 e. The summed E-state index contributed by atoms with van der Waals surface area (Å²) in [5.74, 6) is -5.66. The number of aromatic nitrogens is 1. The summed E-state index contributed by atoms with van der Waals surface area (Å²) in [5, 5.41) is 38.0. The van der Waals surface area contributed by atoms with E-state index < -0.39 is 56.0 Å². The second-order valence-corrected chi connectivity index (χ2v) is 10.2. The number of carbonyl (C=O) groups excluding carboxylic acids is 1. The molecule has 0 bridgehead atoms. The number of carbonyl (C=O) groups is 5. The molecule has 0 atom stereocenters. The SMILES string of the molecule is CCOC(=O)c1cnc(-c2cc3cc(OCCOc4cc(C)ccc4N(CC(=O)O)CC(=O)O)c(N(CC(=O)O)CC(=O)O)cc3o2)o1. The van der Waals surface area contributed by atoms with E-state index in [1.54, 1.807) is 32.0 Å². The maximum Gasteiger partial charge on any atom is 0.375 e. The number of furan rings is 1. The molecule has 4 aromatic rings. The largest absolute Gasteiger partial charge is 0.488 e. The Balaban J connectivity index is 1.63. The van der Waals surface area contributed by atoms with Crippen LogP contribution < -0.4 is 19.3 Å². The van der Waals surface area contributed by atoms with Crippen molar-refractivity contribution in [1.82, 2.24) is 4.98 Å². The lowest BCUT2D eigenvalue weighted by molar-refractivity contribution is -0.138. The molecule has 0 unspecified atom stereocenters. The molecule has 2 heterocycles. The third-order valence-corrected chi connectivity index (χ3v) is 6.49. The summed E-state index contributed by atoms with van der Waals surface area (Å²) in [4.78, 5) is 64.3. The van der Waals surface area contributed by atoms with Gasteiger partial charge in [-0.05, 0) is 43.7 Å². The third kappa shape index (κ3) is 8.93. The number of benzene rings is 2. The van der Waals surface area contributed by atoms with Gasteiger partial charge in [-0.25, -0.2) is 9.78 Å². The standard InChI is InChI=1S/C31H31N3O14/c1-3-44-31(43)25-12-32-30(48-25)24-10-18-9-23(20(11-21(18)47-24)34(15-28(39)40)16-29(41)42)46-7-6-45-22-8-17(2)4-5-19(22)33(13-26(35)36)14-27(37)38/h4-5,8-12H,3,6-7,13-16H2,1-2H3,(H,35,36)(H,37,38)(H,39,40)(H,41,42). The number of carboxylic acid groups (broad SMARTS) is 4. The molecule has 0 saturated heterocycles. The van der Waals surface area contributed by atoms with E-state index in [2.05, 4.69) is 4.98 Å². The van der Waals surface area contributed by atoms with E-state index in [0.29, 0.717) is 5.39 Å². The van der Waals surface area contributed by atoms with Crippen molar-refractivity contribution in [2.75, 3.05) is 55.8 Å². The van der Waals surface area contributed by atoms with Gasteiger partial charge in [-0.15, -0.1) is 0 Å². The fourth-order valence-corrected chi connectivity index (χ4v) is 4.62. The van der Waals surface area contributed by atoms with Gasteiger partial charge in [0.1, 0.15) is 56.5 Å². The lowest BCUT2D eigenvalue weighted by Crippen LogP contribution is -2.35. The summed E-state index contributed by atoms with van der Waals surface area (Å²) < 4.78 is 28.0. The number of rotatable bonds is 18. The third-order valence-electron chi connectivity index (χ3n) is 6.49. The van der Waals surface area contributed by atoms with Crippen LogP contribution in [0.4, 0.5) is 11.4 Å². The Morgan fingerprint density at radius 1 is 0.750 bits per heavy atom. The Morgan fingerprint density at radius 3 is 1.88 bits per heavy atom. The van der Waals surface area contributed by atoms with Gasteiger partial charge in [-0.2, -0.15) is 0 Å². The first-order valence-corrected chi connectivity index (χ1v) is 14.3. The summed E-state index contributed by atoms with van der Waals surface area (Å²) in [5.41, 5.74) is 1.24. The van der Waals surface area contributed by atoms with Crippen LogP contribution in [0.25, 0.3) is 22.6 Å². The predicted octanol–water partition coefficient (Wildman–Crippen LogP) is 2.98. The fourth-order valence-electron chi connectivity index (χ4n) is 4.62. The van der Waals surface area contributed by atoms with Gasteiger partial charge in [0.25, 0.3) is 5.89 Å². The number of anilines is 2. The summed E-state index contributed by atoms with van der Waals surface area (Å²) in [6.07, 6.45) is 1.17. The number of hydrogen-bond donors (Lipinski definition) is 4. The second kappa shape index (κ2) is 15.4. The molecule has 2 aromatic carbocycles. The molecule has 48 heavy (non-hydrogen) atoms. The zero-order valence-corrected chi connectivity index (χ0v) is 25.7. The number of fused-ring (bicyclic) bond motifs is 1. The smallest absolute Gasteiger partial charge is 0.375 e. The van der Waals surface area contributed by atoms with E-state index in [9.17, 15) is 44.4 Å². The van der Waals surface area contributed by atoms with Gasteiger partial charge in [-0.3, -0.25) is 19.2 Å². The molecule has 0 aliphatic rings. The number of carboxylic acids is 4. The molecule has 0 aliphatic carbocycles. The van der Waals surface area contributed by atoms with E-state index in [4.69, 9.17) is 23.0 Å². The molecule has 17 heteroatoms. The number of nitrogens with zero attached hydrogens (tertiary/aromatic N) is 3. The van der Waals surface area contributed by atoms with Crippen LogP contribution in [0.15, 0.2) is 51.4 Å². The molecule has 4 N–H and O–H groups in total. The van der Waals surface area contributed by atoms with Crippen LogP contribution in [0.1, 0.15) is 23.0 Å². The first kappa shape index (κ1) is 34.6. The van der Waals surface area contributed by atoms with Crippen molar-refractivity contribution < 1.29 is 67.4 Å². The minimum absolute atomic E-state index is 0.0478. The highest BCUT2D eigenvalue weighted by atomic mass is 16.5. The van der Waals surface area contributed by atoms with Crippen LogP contribution >= 0.6 is 0 Å². The molecule has 4 rings (SSSR count). The lowest BCUT2D eigenvalue weighted by atomic mass is 10.2. The van der Waals surface area contributed by atoms with Crippen LogP contribution in [-0.2, 0) is 23.9 Å². The Hall–Kier alpha value is -6.26. The van der Waals surface area contributed by atoms with E-state index >= 15 is 0 Å². The number of aryl methyl sites for hydroxylation is 1. The number of hydrogen-bond acceptors (Lipinski definition) is 13. The number of esters is 1. The molecule has 0 spiro atoms. The predicted molar refractivity (Wildman–Crippen MR) is 165 cm³/mol. The van der Waals surface area contributed by atoms with Crippen LogP contribution in [0.3, 0.4) is 0 Å². The molecule has 0 radical (unpaired) electrons. The maximum absolute atomic E-state index is 12.0. The highest BCUT2D eigenvalue weighted by Gasteiger charge is 2.23. The fraction of sp³-hybridized carbons (Fsp3) is 0.290. The van der Waals surface area contributed by atoms with Crippen molar-refractivity contribution in [3.8, 4) is 23.1 Å². The Labute approximate surface area is 271 Å². The minimum atomic E-state index is -1.31. The molecule has 17 nitrogen and oxygen atoms in total. The first-order chi connectivity index (χ1) is 22.8. The average Bonchev–Trinajstić information content (AvgIpc) is 3.65. The van der Waals surface area contributed by atoms with Crippen LogP contribution in [0.5, 0.6) is 11.5 Å². The normalized spacial score (nSPS) is 10.8. The molecule has 0 aliphatic heterocycles. The zero-order chi connectivity index (χ0) is 35.0. The average molecular weight is 670 g/mol. The summed E-state index contributed by atoms with van der Waals surface area (Å²) in [6.45, 7) is 0.634. The molecule has 0 saturated carbocycles. The van der Waals surface area contributed by atoms with Crippen molar-refractivity contribution in [3.05, 3.63) is 53.9 Å². The summed E-state index contributed by atoms with van der Waals surface area (Å²) in [7, 11) is 0. The van der Waals surface area contributed by atoms with Crippen LogP contribution in [0.2, 0.25) is 0 Å². The van der Waals surface area contributed by atoms with Crippen molar-refractivity contribution in [3.63, 3.8) is 0 Å². The van der Waals surface area contributed by atoms with Crippen molar-refractivity contribution >= 4 is 52.2 Å². The molecule has 254 valence electrons. The number of oxazole rings is 1. The molecule has 0 fully saturated rings. The van der Waals surface area contributed by atoms with Gasteiger partial charge in [0.15, 0.2) is 5.76 Å². The van der Waals surface area contributed by atoms with Crippen molar-refractivity contribution in [1.29, 1.82) is 0 Å². The quantitative estimate of drug-likeness (QED) is 0.0879. The van der Waals surface area contributed by atoms with Gasteiger partial charge in [0, 0.05) is 11.5 Å². The Morgan fingerprint density at radius 2 is 1.31 bits per heavy atom. The summed E-state index contributed by atoms with van der Waals surface area (Å²) in [6, 6.07) is 9.23. The van der Waals surface area contributed by atoms with Gasteiger partial charge >= 0.3 is 29.8 Å². The molecular formula is C31H31N3O14. The number of aliphatic carboxylic acids is 4. The topological polar surface area (TPSA) is 240 Å². The second-order valence-electron chi connectivity index (χ2n) is 10.2. The molecule has 2 aromatic heterocycles. The van der Waals surface area contributed by atoms with E-state index in [0.717, 1.165) is 15.4 Å². The highest BCUT2D eigenvalue weighted by molar-refractivity contribution is 5.91. The van der Waals surface area contributed by atoms with E-state index in [1.807, 2.05) is 0 Å². The van der Waals surface area contributed by atoms with Gasteiger partial charge in [0.05, 0.1) is 24.2 Å². The first-order valence-electron chi connectivity index (χ1n) is 14.3. The highest BCUT2D eigenvalue weighted by Crippen LogP contribution is 2.37. The maximum atomic E-state index is 12.0. The Bertz CT molecular complexity index is 1800. The molecular weight excluding hydrogens is 638 g/mol. The van der Waals surface area contributed by atoms with Crippen LogP contribution in [-0.4, -0.2) is 101 Å². The van der Waals surface area contributed by atoms with Crippen molar-refractivity contribution in [2.24, 2.45) is 0 Å². The van der Waals surface area contributed by atoms with E-state index in [-0.39, 0.29) is 65.7 Å². The molecule has 0 amide bonds. The van der Waals surface area contributed by atoms with Gasteiger partial charge < -0.3 is 53.3 Å². The zero-order valence-electron chi connectivity index (χ0n) is 25.7. The van der Waals surface area contributed by atoms with Crippen LogP contribution in [0, 0.1) is 6.92 Å². The van der Waals surface area contributed by atoms with Crippen molar-refractivity contribution in [2.45, 2.75) is 13.8 Å².